The largest absolute Gasteiger partial charge is 0.493 e. The first-order valence-electron chi connectivity index (χ1n) is 11.8. The van der Waals surface area contributed by atoms with Crippen molar-refractivity contribution in [2.45, 2.75) is 26.4 Å². The summed E-state index contributed by atoms with van der Waals surface area (Å²) < 4.78 is 5.83. The lowest BCUT2D eigenvalue weighted by Gasteiger charge is -2.39. The molecule has 2 aromatic carbocycles. The Hall–Kier alpha value is -4.14. The van der Waals surface area contributed by atoms with Crippen molar-refractivity contribution in [2.24, 2.45) is 5.92 Å². The lowest BCUT2D eigenvalue weighted by atomic mass is 10.0. The van der Waals surface area contributed by atoms with Crippen LogP contribution in [0.1, 0.15) is 63.2 Å². The fourth-order valence-electron chi connectivity index (χ4n) is 4.74. The topological polar surface area (TPSA) is 108 Å². The Kier molecular flexibility index (Phi) is 5.98. The zero-order valence-electron chi connectivity index (χ0n) is 19.7. The molecule has 0 radical (unpaired) electrons. The van der Waals surface area contributed by atoms with Crippen LogP contribution < -0.4 is 15.0 Å². The summed E-state index contributed by atoms with van der Waals surface area (Å²) in [6.45, 7) is 5.39. The number of aromatic amines is 1. The number of anilines is 1. The van der Waals surface area contributed by atoms with Gasteiger partial charge < -0.3 is 15.0 Å². The first-order valence-corrected chi connectivity index (χ1v) is 11.8. The number of H-pyrrole nitrogens is 1. The molecule has 0 bridgehead atoms. The highest BCUT2D eigenvalue weighted by Gasteiger charge is 2.37. The number of ether oxygens (including phenoxy) is 1. The van der Waals surface area contributed by atoms with Crippen LogP contribution in [0.4, 0.5) is 5.69 Å². The highest BCUT2D eigenvalue weighted by Crippen LogP contribution is 2.36. The molecule has 0 fully saturated rings. The van der Waals surface area contributed by atoms with Gasteiger partial charge in [0.2, 0.25) is 0 Å². The van der Waals surface area contributed by atoms with Gasteiger partial charge in [0.05, 0.1) is 29.6 Å². The minimum Gasteiger partial charge on any atom is -0.493 e. The van der Waals surface area contributed by atoms with Crippen LogP contribution in [0.3, 0.4) is 0 Å². The molecule has 2 unspecified atom stereocenters. The molecular formula is C26H27N5O4. The number of imide groups is 1. The van der Waals surface area contributed by atoms with Crippen molar-refractivity contribution in [2.75, 3.05) is 24.6 Å². The normalized spacial score (nSPS) is 17.8. The number of carbonyl (C=O) groups excluding carboxylic acids is 3. The Morgan fingerprint density at radius 2 is 1.71 bits per heavy atom. The maximum absolute atomic E-state index is 12.8. The van der Waals surface area contributed by atoms with Crippen LogP contribution in [-0.4, -0.2) is 52.5 Å². The first kappa shape index (κ1) is 22.6. The number of amides is 3. The van der Waals surface area contributed by atoms with Gasteiger partial charge in [-0.25, -0.2) is 0 Å². The molecule has 180 valence electrons. The summed E-state index contributed by atoms with van der Waals surface area (Å²) in [5, 5.41) is 9.95. The number of nitrogens with one attached hydrogen (secondary N) is 2. The molecule has 0 aliphatic carbocycles. The van der Waals surface area contributed by atoms with Gasteiger partial charge in [-0.15, -0.1) is 0 Å². The molecule has 9 heteroatoms. The summed E-state index contributed by atoms with van der Waals surface area (Å²) >= 11 is 0. The Labute approximate surface area is 203 Å². The smallest absolute Gasteiger partial charge is 0.273 e. The number of hydrogen-bond acceptors (Lipinski definition) is 6. The van der Waals surface area contributed by atoms with E-state index in [0.29, 0.717) is 54.4 Å². The summed E-state index contributed by atoms with van der Waals surface area (Å²) in [6.07, 6.45) is 1.82. The lowest BCUT2D eigenvalue weighted by Crippen LogP contribution is -2.48. The summed E-state index contributed by atoms with van der Waals surface area (Å²) in [5.41, 5.74) is 2.88. The zero-order chi connectivity index (χ0) is 24.5. The van der Waals surface area contributed by atoms with Crippen LogP contribution >= 0.6 is 0 Å². The molecule has 0 saturated heterocycles. The average Bonchev–Trinajstić information content (AvgIpc) is 3.45. The summed E-state index contributed by atoms with van der Waals surface area (Å²) in [5.74, 6) is 0.0748. The second kappa shape index (κ2) is 9.25. The quantitative estimate of drug-likeness (QED) is 0.486. The molecule has 3 amide bonds. The molecule has 3 aromatic rings. The van der Waals surface area contributed by atoms with Gasteiger partial charge in [-0.2, -0.15) is 5.10 Å². The third-order valence-corrected chi connectivity index (χ3v) is 6.48. The van der Waals surface area contributed by atoms with Gasteiger partial charge in [0.25, 0.3) is 17.7 Å². The summed E-state index contributed by atoms with van der Waals surface area (Å²) in [7, 11) is 0. The standard InChI is InChI=1S/C26H27N5O4/c1-3-35-21-11-7-6-10-19(21)23-28-24(32)22-20(14-27-29-22)31(23)15-16(2)12-13-30-25(33)17-8-4-5-9-18(17)26(30)34/h4-11,14,16,23H,3,12-13,15H2,1-2H3,(H,27,29)(H,28,32). The fraction of sp³-hybridized carbons (Fsp3) is 0.308. The van der Waals surface area contributed by atoms with Gasteiger partial charge in [0.1, 0.15) is 17.6 Å². The molecule has 9 nitrogen and oxygen atoms in total. The van der Waals surface area contributed by atoms with E-state index >= 15 is 0 Å². The minimum atomic E-state index is -0.447. The predicted molar refractivity (Wildman–Crippen MR) is 129 cm³/mol. The van der Waals surface area contributed by atoms with Crippen LogP contribution in [-0.2, 0) is 0 Å². The van der Waals surface area contributed by atoms with Gasteiger partial charge in [-0.3, -0.25) is 24.4 Å². The number of benzene rings is 2. The molecule has 1 aromatic heterocycles. The van der Waals surface area contributed by atoms with Gasteiger partial charge in [-0.05, 0) is 37.5 Å². The average molecular weight is 474 g/mol. The van der Waals surface area contributed by atoms with E-state index in [-0.39, 0.29) is 23.6 Å². The van der Waals surface area contributed by atoms with Crippen molar-refractivity contribution in [1.29, 1.82) is 0 Å². The van der Waals surface area contributed by atoms with Crippen molar-refractivity contribution in [3.05, 3.63) is 77.1 Å². The maximum Gasteiger partial charge on any atom is 0.273 e. The number of hydrogen-bond donors (Lipinski definition) is 2. The Morgan fingerprint density at radius 1 is 1.03 bits per heavy atom. The third kappa shape index (κ3) is 4.03. The van der Waals surface area contributed by atoms with Crippen LogP contribution in [0.25, 0.3) is 0 Å². The predicted octanol–water partition coefficient (Wildman–Crippen LogP) is 3.38. The Morgan fingerprint density at radius 3 is 2.43 bits per heavy atom. The second-order valence-electron chi connectivity index (χ2n) is 8.83. The van der Waals surface area contributed by atoms with E-state index in [2.05, 4.69) is 27.3 Å². The number of carbonyl (C=O) groups is 3. The third-order valence-electron chi connectivity index (χ3n) is 6.48. The summed E-state index contributed by atoms with van der Waals surface area (Å²) in [4.78, 5) is 41.7. The molecule has 2 aliphatic rings. The number of rotatable bonds is 8. The van der Waals surface area contributed by atoms with E-state index in [9.17, 15) is 14.4 Å². The molecule has 3 heterocycles. The van der Waals surface area contributed by atoms with Crippen LogP contribution in [0, 0.1) is 5.92 Å². The van der Waals surface area contributed by atoms with E-state index in [0.717, 1.165) is 5.56 Å². The van der Waals surface area contributed by atoms with Crippen molar-refractivity contribution < 1.29 is 19.1 Å². The second-order valence-corrected chi connectivity index (χ2v) is 8.83. The maximum atomic E-state index is 12.8. The molecule has 2 N–H and O–H groups in total. The van der Waals surface area contributed by atoms with Gasteiger partial charge in [0, 0.05) is 18.7 Å². The minimum absolute atomic E-state index is 0.0961. The van der Waals surface area contributed by atoms with Crippen LogP contribution in [0.2, 0.25) is 0 Å². The number of fused-ring (bicyclic) bond motifs is 2. The van der Waals surface area contributed by atoms with E-state index in [4.69, 9.17) is 4.74 Å². The first-order chi connectivity index (χ1) is 17.0. The number of para-hydroxylation sites is 1. The van der Waals surface area contributed by atoms with E-state index < -0.39 is 6.17 Å². The van der Waals surface area contributed by atoms with Gasteiger partial charge in [0.15, 0.2) is 0 Å². The number of nitrogens with zero attached hydrogens (tertiary/aromatic N) is 3. The highest BCUT2D eigenvalue weighted by atomic mass is 16.5. The molecule has 35 heavy (non-hydrogen) atoms. The molecule has 2 atom stereocenters. The molecular weight excluding hydrogens is 446 g/mol. The van der Waals surface area contributed by atoms with Crippen LogP contribution in [0.15, 0.2) is 54.7 Å². The highest BCUT2D eigenvalue weighted by molar-refractivity contribution is 6.21. The lowest BCUT2D eigenvalue weighted by molar-refractivity contribution is 0.0645. The van der Waals surface area contributed by atoms with E-state index in [1.54, 1.807) is 30.5 Å². The van der Waals surface area contributed by atoms with E-state index in [1.807, 2.05) is 31.2 Å². The van der Waals surface area contributed by atoms with Crippen molar-refractivity contribution in [1.82, 2.24) is 20.4 Å². The zero-order valence-corrected chi connectivity index (χ0v) is 19.7. The Balaban J connectivity index is 1.36. The van der Waals surface area contributed by atoms with E-state index in [1.165, 1.54) is 4.90 Å². The van der Waals surface area contributed by atoms with Crippen LogP contribution in [0.5, 0.6) is 5.75 Å². The van der Waals surface area contributed by atoms with Crippen molar-refractivity contribution in [3.63, 3.8) is 0 Å². The molecule has 0 saturated carbocycles. The Bertz CT molecular complexity index is 1250. The van der Waals surface area contributed by atoms with Crippen molar-refractivity contribution in [3.8, 4) is 5.75 Å². The molecule has 0 spiro atoms. The van der Waals surface area contributed by atoms with Gasteiger partial charge >= 0.3 is 0 Å². The molecule has 5 rings (SSSR count). The number of aromatic nitrogens is 2. The molecule has 2 aliphatic heterocycles. The van der Waals surface area contributed by atoms with Gasteiger partial charge in [-0.1, -0.05) is 37.3 Å². The fourth-order valence-corrected chi connectivity index (χ4v) is 4.74. The SMILES string of the molecule is CCOc1ccccc1C1NC(=O)c2[nH]ncc2N1CC(C)CCN1C(=O)c2ccccc2C1=O. The van der Waals surface area contributed by atoms with Crippen molar-refractivity contribution >= 4 is 23.4 Å². The monoisotopic (exact) mass is 473 g/mol. The summed E-state index contributed by atoms with van der Waals surface area (Å²) in [6, 6.07) is 14.6.